The second kappa shape index (κ2) is 24.4. The van der Waals surface area contributed by atoms with Crippen molar-refractivity contribution in [3.05, 3.63) is 125 Å². The van der Waals surface area contributed by atoms with E-state index in [1.54, 1.807) is 31.5 Å². The van der Waals surface area contributed by atoms with Gasteiger partial charge in [0.25, 0.3) is 0 Å². The molecule has 1 fully saturated rings. The molecule has 15 nitrogen and oxygen atoms in total. The predicted octanol–water partition coefficient (Wildman–Crippen LogP) is 8.80. The number of methoxy groups -OCH3 is 1. The van der Waals surface area contributed by atoms with Crippen LogP contribution in [0.3, 0.4) is 0 Å². The number of nitrogens with zero attached hydrogens (tertiary/aromatic N) is 6. The Labute approximate surface area is 426 Å². The molecule has 2 atom stereocenters. The van der Waals surface area contributed by atoms with Crippen molar-refractivity contribution in [2.45, 2.75) is 32.2 Å². The number of piperazine rings is 1. The monoisotopic (exact) mass is 1020 g/mol. The number of thiophene rings is 1. The molecule has 0 spiro atoms. The molecule has 376 valence electrons. The van der Waals surface area contributed by atoms with Crippen LogP contribution in [0.5, 0.6) is 28.9 Å². The number of rotatable bonds is 18. The second-order valence-corrected chi connectivity index (χ2v) is 18.7. The third-order valence-corrected chi connectivity index (χ3v) is 14.0. The second-order valence-electron chi connectivity index (χ2n) is 17.4. The fourth-order valence-corrected chi connectivity index (χ4v) is 9.89. The van der Waals surface area contributed by atoms with Gasteiger partial charge < -0.3 is 42.8 Å². The quantitative estimate of drug-likeness (QED) is 0.0595. The van der Waals surface area contributed by atoms with Gasteiger partial charge in [-0.1, -0.05) is 41.9 Å². The zero-order valence-corrected chi connectivity index (χ0v) is 42.0. The summed E-state index contributed by atoms with van der Waals surface area (Å²) in [4.78, 5) is 38.0. The Kier molecular flexibility index (Phi) is 17.2. The molecule has 0 amide bonds. The molecule has 0 radical (unpaired) electrons. The molecule has 7 aromatic rings. The number of ether oxygens (including phenoxy) is 8. The van der Waals surface area contributed by atoms with Crippen molar-refractivity contribution < 1.29 is 47.1 Å². The summed E-state index contributed by atoms with van der Waals surface area (Å²) in [6.45, 7) is 9.11. The molecule has 0 N–H and O–H groups in total. The van der Waals surface area contributed by atoms with E-state index < -0.39 is 12.2 Å². The van der Waals surface area contributed by atoms with Gasteiger partial charge in [-0.3, -0.25) is 9.69 Å². The van der Waals surface area contributed by atoms with Crippen molar-refractivity contribution in [1.29, 1.82) is 0 Å². The van der Waals surface area contributed by atoms with Crippen LogP contribution in [0.1, 0.15) is 16.8 Å². The summed E-state index contributed by atoms with van der Waals surface area (Å²) >= 11 is 8.68. The SMILES string of the molecule is COCCOCCOCCOc1ccccc1-c1nccc(COc2ccc3cc2C[C@H](C=O)Oc2ncnc4sc(-c5ccc(F)cc5)c(c24)-c2ccc(c(Cl)c2C)O[C@H](CN2CCN(C)CC2)CO3)n1. The summed E-state index contributed by atoms with van der Waals surface area (Å²) in [5.41, 5.74) is 5.02. The molecule has 3 aliphatic rings. The van der Waals surface area contributed by atoms with Crippen molar-refractivity contribution in [3.63, 3.8) is 0 Å². The summed E-state index contributed by atoms with van der Waals surface area (Å²) in [6.07, 6.45) is 2.50. The van der Waals surface area contributed by atoms with Crippen LogP contribution in [0.2, 0.25) is 5.02 Å². The number of carbonyl (C=O) groups is 1. The maximum absolute atomic E-state index is 14.3. The zero-order chi connectivity index (χ0) is 49.8. The molecular formula is C54H56ClFN6O9S. The summed E-state index contributed by atoms with van der Waals surface area (Å²) in [7, 11) is 3.76. The summed E-state index contributed by atoms with van der Waals surface area (Å²) in [5, 5.41) is 1.02. The van der Waals surface area contributed by atoms with E-state index in [0.29, 0.717) is 107 Å². The molecule has 72 heavy (non-hydrogen) atoms. The molecule has 3 aromatic heterocycles. The first-order valence-corrected chi connectivity index (χ1v) is 25.0. The van der Waals surface area contributed by atoms with Crippen LogP contribution >= 0.6 is 22.9 Å². The topological polar surface area (TPSA) is 149 Å². The van der Waals surface area contributed by atoms with Crippen LogP contribution in [0.15, 0.2) is 97.5 Å². The minimum absolute atomic E-state index is 0.0773. The van der Waals surface area contributed by atoms with Gasteiger partial charge in [-0.15, -0.1) is 11.3 Å². The van der Waals surface area contributed by atoms with Crippen LogP contribution in [0, 0.1) is 12.7 Å². The first-order valence-electron chi connectivity index (χ1n) is 23.8. The van der Waals surface area contributed by atoms with Gasteiger partial charge in [0.1, 0.15) is 65.9 Å². The number of halogens is 2. The predicted molar refractivity (Wildman–Crippen MR) is 273 cm³/mol. The lowest BCUT2D eigenvalue weighted by atomic mass is 9.96. The van der Waals surface area contributed by atoms with Crippen molar-refractivity contribution in [2.75, 3.05) is 93.1 Å². The third-order valence-electron chi connectivity index (χ3n) is 12.3. The Balaban J connectivity index is 1.02. The van der Waals surface area contributed by atoms with Gasteiger partial charge in [0, 0.05) is 68.5 Å². The van der Waals surface area contributed by atoms with Gasteiger partial charge in [0.05, 0.1) is 54.7 Å². The van der Waals surface area contributed by atoms with E-state index in [-0.39, 0.29) is 31.3 Å². The molecule has 18 heteroatoms. The lowest BCUT2D eigenvalue weighted by molar-refractivity contribution is -0.113. The number of aldehydes is 1. The number of fused-ring (bicyclic) bond motifs is 7. The van der Waals surface area contributed by atoms with E-state index in [1.807, 2.05) is 61.5 Å². The van der Waals surface area contributed by atoms with E-state index in [4.69, 9.17) is 54.5 Å². The highest BCUT2D eigenvalue weighted by atomic mass is 35.5. The highest BCUT2D eigenvalue weighted by Gasteiger charge is 2.28. The molecule has 10 rings (SSSR count). The van der Waals surface area contributed by atoms with Crippen LogP contribution in [0.4, 0.5) is 4.39 Å². The fraction of sp³-hybridized carbons (Fsp3) is 0.352. The van der Waals surface area contributed by atoms with E-state index in [9.17, 15) is 9.18 Å². The smallest absolute Gasteiger partial charge is 0.226 e. The largest absolute Gasteiger partial charge is 0.490 e. The standard InChI is InChI=1S/C54H56ClFN6O9S/c1-35-43-13-15-47(50(35)55)70-42(30-62-20-18-61(2)19-21-62)33-68-40-12-14-45(69-32-39-16-17-57-52(60-39)44-6-4-5-7-46(44)67-27-26-66-25-24-65-23-22-64-3)37(28-40)29-41(31-63)71-53-49-48(43)51(72-54(49)59-34-58-53)36-8-10-38(56)11-9-36/h4-17,28,31,34,41-42H,18-27,29-30,32-33H2,1-3H3/t41-,42-/m1/s1. The molecule has 3 aliphatic heterocycles. The van der Waals surface area contributed by atoms with Gasteiger partial charge in [-0.25, -0.2) is 24.3 Å². The first kappa shape index (κ1) is 50.6. The maximum Gasteiger partial charge on any atom is 0.226 e. The normalized spacial score (nSPS) is 16.4. The Morgan fingerprint density at radius 2 is 1.64 bits per heavy atom. The zero-order valence-electron chi connectivity index (χ0n) is 40.4. The van der Waals surface area contributed by atoms with Crippen LogP contribution < -0.4 is 23.7 Å². The lowest BCUT2D eigenvalue weighted by Gasteiger charge is -2.34. The number of hydrogen-bond acceptors (Lipinski definition) is 16. The van der Waals surface area contributed by atoms with Crippen LogP contribution in [0.25, 0.3) is 43.2 Å². The maximum atomic E-state index is 14.3. The number of aromatic nitrogens is 4. The Bertz CT molecular complexity index is 2940. The molecule has 1 saturated heterocycles. The Morgan fingerprint density at radius 3 is 2.44 bits per heavy atom. The number of likely N-dealkylation sites (N-methyl/N-ethyl adjacent to an activating group) is 1. The number of para-hydroxylation sites is 1. The highest BCUT2D eigenvalue weighted by molar-refractivity contribution is 7.22. The molecule has 6 heterocycles. The van der Waals surface area contributed by atoms with E-state index in [1.165, 1.54) is 29.8 Å². The average molecular weight is 1020 g/mol. The van der Waals surface area contributed by atoms with Crippen molar-refractivity contribution >= 4 is 39.4 Å². The summed E-state index contributed by atoms with van der Waals surface area (Å²) in [5.74, 6) is 2.48. The van der Waals surface area contributed by atoms with E-state index in [0.717, 1.165) is 59.6 Å². The number of hydrogen-bond donors (Lipinski definition) is 0. The highest BCUT2D eigenvalue weighted by Crippen LogP contribution is 2.49. The van der Waals surface area contributed by atoms with Crippen LogP contribution in [-0.2, 0) is 32.0 Å². The van der Waals surface area contributed by atoms with Gasteiger partial charge in [0.15, 0.2) is 18.2 Å². The molecule has 0 saturated carbocycles. The first-order chi connectivity index (χ1) is 35.2. The van der Waals surface area contributed by atoms with Crippen molar-refractivity contribution in [2.24, 2.45) is 0 Å². The van der Waals surface area contributed by atoms with E-state index in [2.05, 4.69) is 31.8 Å². The van der Waals surface area contributed by atoms with Crippen molar-refractivity contribution in [1.82, 2.24) is 29.7 Å². The fourth-order valence-electron chi connectivity index (χ4n) is 8.52. The molecule has 4 bridgehead atoms. The van der Waals surface area contributed by atoms with Gasteiger partial charge in [-0.2, -0.15) is 0 Å². The third kappa shape index (κ3) is 12.5. The Hall–Kier alpha value is -6.31. The molecule has 0 aliphatic carbocycles. The Morgan fingerprint density at radius 1 is 0.847 bits per heavy atom. The number of benzene rings is 4. The summed E-state index contributed by atoms with van der Waals surface area (Å²) in [6, 6.07) is 25.0. The van der Waals surface area contributed by atoms with Crippen LogP contribution in [-0.4, -0.2) is 141 Å². The van der Waals surface area contributed by atoms with Crippen molar-refractivity contribution in [3.8, 4) is 61.8 Å². The minimum atomic E-state index is -1.03. The average Bonchev–Trinajstić information content (AvgIpc) is 3.79. The summed E-state index contributed by atoms with van der Waals surface area (Å²) < 4.78 is 63.0. The van der Waals surface area contributed by atoms with Gasteiger partial charge >= 0.3 is 0 Å². The molecule has 4 aromatic carbocycles. The van der Waals surface area contributed by atoms with E-state index >= 15 is 0 Å². The molecular weight excluding hydrogens is 963 g/mol. The molecule has 0 unspecified atom stereocenters. The van der Waals surface area contributed by atoms with Gasteiger partial charge in [-0.05, 0) is 85.3 Å². The minimum Gasteiger partial charge on any atom is -0.490 e. The lowest BCUT2D eigenvalue weighted by Crippen LogP contribution is -2.49. The van der Waals surface area contributed by atoms with Gasteiger partial charge in [0.2, 0.25) is 5.88 Å². The number of carbonyl (C=O) groups excluding carboxylic acids is 1.